The fraction of sp³-hybridized carbons (Fsp3) is 0.238. The summed E-state index contributed by atoms with van der Waals surface area (Å²) in [6.45, 7) is 0.773. The molecule has 0 spiro atoms. The Hall–Kier alpha value is -2.98. The number of halogens is 3. The van der Waals surface area contributed by atoms with Gasteiger partial charge in [0.15, 0.2) is 0 Å². The summed E-state index contributed by atoms with van der Waals surface area (Å²) in [6, 6.07) is 9.64. The molecule has 0 atom stereocenters. The van der Waals surface area contributed by atoms with Crippen LogP contribution in [0.1, 0.15) is 28.8 Å². The van der Waals surface area contributed by atoms with Crippen LogP contribution >= 0.6 is 0 Å². The fourth-order valence-electron chi connectivity index (χ4n) is 3.71. The maximum Gasteiger partial charge on any atom is 0.417 e. The molecular weight excluding hydrogens is 433 g/mol. The number of hydrogen-bond donors (Lipinski definition) is 1. The SMILES string of the molecule is O=C(O)c1cc(-c2ccccc2C(F)(F)F)nc2ccc(S(=O)(=O)N3CCCC3)cc12. The summed E-state index contributed by atoms with van der Waals surface area (Å²) >= 11 is 0. The molecule has 1 aromatic heterocycles. The number of fused-ring (bicyclic) bond motifs is 1. The van der Waals surface area contributed by atoms with Crippen LogP contribution in [0.5, 0.6) is 0 Å². The number of sulfonamides is 1. The summed E-state index contributed by atoms with van der Waals surface area (Å²) < 4.78 is 67.3. The molecule has 4 rings (SSSR count). The minimum atomic E-state index is -4.65. The lowest BCUT2D eigenvalue weighted by molar-refractivity contribution is -0.137. The highest BCUT2D eigenvalue weighted by atomic mass is 32.2. The Morgan fingerprint density at radius 3 is 2.35 bits per heavy atom. The lowest BCUT2D eigenvalue weighted by Gasteiger charge is -2.17. The van der Waals surface area contributed by atoms with Gasteiger partial charge in [-0.05, 0) is 43.2 Å². The van der Waals surface area contributed by atoms with Crippen molar-refractivity contribution in [3.63, 3.8) is 0 Å². The van der Waals surface area contributed by atoms with Crippen LogP contribution in [-0.4, -0.2) is 41.9 Å². The fourth-order valence-corrected chi connectivity index (χ4v) is 5.26. The predicted octanol–water partition coefficient (Wildman–Crippen LogP) is 4.40. The minimum Gasteiger partial charge on any atom is -0.478 e. The number of carbonyl (C=O) groups is 1. The van der Waals surface area contributed by atoms with Crippen molar-refractivity contribution in [1.29, 1.82) is 0 Å². The van der Waals surface area contributed by atoms with Gasteiger partial charge in [-0.3, -0.25) is 0 Å². The number of rotatable bonds is 4. The number of carboxylic acids is 1. The van der Waals surface area contributed by atoms with Crippen molar-refractivity contribution in [3.8, 4) is 11.3 Å². The molecule has 0 amide bonds. The number of aromatic carboxylic acids is 1. The van der Waals surface area contributed by atoms with Crippen molar-refractivity contribution in [2.24, 2.45) is 0 Å². The van der Waals surface area contributed by atoms with Crippen LogP contribution in [0.2, 0.25) is 0 Å². The Morgan fingerprint density at radius 1 is 1.03 bits per heavy atom. The van der Waals surface area contributed by atoms with Gasteiger partial charge in [-0.25, -0.2) is 18.2 Å². The Kier molecular flexibility index (Phi) is 5.22. The van der Waals surface area contributed by atoms with Crippen molar-refractivity contribution in [3.05, 3.63) is 59.7 Å². The molecule has 10 heteroatoms. The summed E-state index contributed by atoms with van der Waals surface area (Å²) in [5.74, 6) is -1.39. The normalized spacial score (nSPS) is 15.5. The molecule has 0 unspecified atom stereocenters. The third-order valence-electron chi connectivity index (χ3n) is 5.22. The first-order valence-electron chi connectivity index (χ1n) is 9.44. The van der Waals surface area contributed by atoms with Gasteiger partial charge in [-0.15, -0.1) is 0 Å². The number of aromatic nitrogens is 1. The number of benzene rings is 2. The zero-order valence-electron chi connectivity index (χ0n) is 16.1. The molecule has 0 radical (unpaired) electrons. The summed E-state index contributed by atoms with van der Waals surface area (Å²) in [5, 5.41) is 9.72. The van der Waals surface area contributed by atoms with Gasteiger partial charge in [0.05, 0.1) is 27.2 Å². The number of hydrogen-bond acceptors (Lipinski definition) is 4. The first-order valence-corrected chi connectivity index (χ1v) is 10.9. The molecule has 2 heterocycles. The van der Waals surface area contributed by atoms with Crippen LogP contribution in [0.15, 0.2) is 53.4 Å². The minimum absolute atomic E-state index is 0.0426. The highest BCUT2D eigenvalue weighted by Crippen LogP contribution is 2.37. The van der Waals surface area contributed by atoms with Crippen molar-refractivity contribution in [1.82, 2.24) is 9.29 Å². The Morgan fingerprint density at radius 2 is 1.71 bits per heavy atom. The van der Waals surface area contributed by atoms with Gasteiger partial charge in [0, 0.05) is 24.0 Å². The quantitative estimate of drug-likeness (QED) is 0.637. The first-order chi connectivity index (χ1) is 14.6. The van der Waals surface area contributed by atoms with E-state index < -0.39 is 27.7 Å². The molecule has 0 saturated carbocycles. The number of alkyl halides is 3. The third kappa shape index (κ3) is 3.88. The van der Waals surface area contributed by atoms with Gasteiger partial charge in [0.25, 0.3) is 0 Å². The molecule has 162 valence electrons. The molecule has 0 aliphatic carbocycles. The average Bonchev–Trinajstić information content (AvgIpc) is 3.27. The highest BCUT2D eigenvalue weighted by molar-refractivity contribution is 7.89. The van der Waals surface area contributed by atoms with E-state index in [1.807, 2.05) is 0 Å². The highest BCUT2D eigenvalue weighted by Gasteiger charge is 2.34. The summed E-state index contributed by atoms with van der Waals surface area (Å²) in [7, 11) is -3.80. The Labute approximate surface area is 176 Å². The molecule has 0 bridgehead atoms. The van der Waals surface area contributed by atoms with Crippen molar-refractivity contribution < 1.29 is 31.5 Å². The number of pyridine rings is 1. The van der Waals surface area contributed by atoms with E-state index in [-0.39, 0.29) is 32.6 Å². The van der Waals surface area contributed by atoms with E-state index in [0.29, 0.717) is 13.1 Å². The molecule has 1 saturated heterocycles. The summed E-state index contributed by atoms with van der Waals surface area (Å²) in [4.78, 5) is 16.0. The Balaban J connectivity index is 1.91. The predicted molar refractivity (Wildman–Crippen MR) is 107 cm³/mol. The topological polar surface area (TPSA) is 87.6 Å². The van der Waals surface area contributed by atoms with E-state index in [9.17, 15) is 31.5 Å². The molecule has 6 nitrogen and oxygen atoms in total. The standard InChI is InChI=1S/C21H17F3N2O4S/c22-21(23,24)17-6-2-1-5-14(17)19-12-16(20(27)28)15-11-13(7-8-18(15)25-19)31(29,30)26-9-3-4-10-26/h1-2,5-8,11-12H,3-4,9-10H2,(H,27,28). The second kappa shape index (κ2) is 7.61. The van der Waals surface area contributed by atoms with Crippen LogP contribution in [0.3, 0.4) is 0 Å². The smallest absolute Gasteiger partial charge is 0.417 e. The van der Waals surface area contributed by atoms with Crippen LogP contribution < -0.4 is 0 Å². The first kappa shape index (κ1) is 21.3. The lowest BCUT2D eigenvalue weighted by Crippen LogP contribution is -2.27. The second-order valence-corrected chi connectivity index (χ2v) is 9.13. The number of nitrogens with zero attached hydrogens (tertiary/aromatic N) is 2. The van der Waals surface area contributed by atoms with E-state index >= 15 is 0 Å². The maximum absolute atomic E-state index is 13.4. The van der Waals surface area contributed by atoms with E-state index in [2.05, 4.69) is 4.98 Å². The molecular formula is C21H17F3N2O4S. The third-order valence-corrected chi connectivity index (χ3v) is 7.12. The largest absolute Gasteiger partial charge is 0.478 e. The summed E-state index contributed by atoms with van der Waals surface area (Å²) in [5.41, 5.74) is -1.59. The molecule has 1 N–H and O–H groups in total. The molecule has 31 heavy (non-hydrogen) atoms. The van der Waals surface area contributed by atoms with Gasteiger partial charge >= 0.3 is 12.1 Å². The second-order valence-electron chi connectivity index (χ2n) is 7.19. The van der Waals surface area contributed by atoms with Gasteiger partial charge in [0.1, 0.15) is 0 Å². The van der Waals surface area contributed by atoms with Gasteiger partial charge in [-0.1, -0.05) is 18.2 Å². The van der Waals surface area contributed by atoms with E-state index in [4.69, 9.17) is 0 Å². The Bertz CT molecular complexity index is 1280. The molecule has 1 aliphatic rings. The van der Waals surface area contributed by atoms with Crippen molar-refractivity contribution >= 4 is 26.9 Å². The average molecular weight is 450 g/mol. The van der Waals surface area contributed by atoms with Crippen LogP contribution in [-0.2, 0) is 16.2 Å². The maximum atomic E-state index is 13.4. The van der Waals surface area contributed by atoms with Gasteiger partial charge < -0.3 is 5.11 Å². The lowest BCUT2D eigenvalue weighted by atomic mass is 10.00. The summed E-state index contributed by atoms with van der Waals surface area (Å²) in [6.07, 6.45) is -3.16. The zero-order valence-corrected chi connectivity index (χ0v) is 16.9. The van der Waals surface area contributed by atoms with E-state index in [1.165, 1.54) is 40.7 Å². The zero-order chi connectivity index (χ0) is 22.4. The van der Waals surface area contributed by atoms with Crippen LogP contribution in [0.25, 0.3) is 22.2 Å². The van der Waals surface area contributed by atoms with Crippen LogP contribution in [0, 0.1) is 0 Å². The monoisotopic (exact) mass is 450 g/mol. The van der Waals surface area contributed by atoms with E-state index in [1.54, 1.807) is 0 Å². The van der Waals surface area contributed by atoms with Gasteiger partial charge in [0.2, 0.25) is 10.0 Å². The molecule has 1 fully saturated rings. The molecule has 1 aliphatic heterocycles. The number of carboxylic acid groups (broad SMARTS) is 1. The van der Waals surface area contributed by atoms with Gasteiger partial charge in [-0.2, -0.15) is 17.5 Å². The van der Waals surface area contributed by atoms with Crippen molar-refractivity contribution in [2.75, 3.05) is 13.1 Å². The molecule has 3 aromatic rings. The van der Waals surface area contributed by atoms with Crippen LogP contribution in [0.4, 0.5) is 13.2 Å². The van der Waals surface area contributed by atoms with E-state index in [0.717, 1.165) is 25.0 Å². The van der Waals surface area contributed by atoms with Crippen molar-refractivity contribution in [2.45, 2.75) is 23.9 Å². The molecule has 2 aromatic carbocycles.